The van der Waals surface area contributed by atoms with E-state index in [1.165, 1.54) is 5.75 Å². The molecule has 1 aliphatic heterocycles. The number of carbonyl (C=O) groups is 1. The Morgan fingerprint density at radius 3 is 2.69 bits per heavy atom. The molecule has 1 N–H and O–H groups in total. The summed E-state index contributed by atoms with van der Waals surface area (Å²) in [5.41, 5.74) is 0. The Bertz CT molecular complexity index is 178. The Labute approximate surface area is 83.5 Å². The van der Waals surface area contributed by atoms with E-state index in [9.17, 15) is 4.79 Å². The Morgan fingerprint density at radius 2 is 2.31 bits per heavy atom. The molecule has 0 bridgehead atoms. The number of aliphatic carboxylic acids is 1. The number of nitrogens with zero attached hydrogens (tertiary/aromatic N) is 1. The van der Waals surface area contributed by atoms with E-state index in [0.29, 0.717) is 5.92 Å². The van der Waals surface area contributed by atoms with Crippen LogP contribution in [0.1, 0.15) is 12.8 Å². The third-order valence-electron chi connectivity index (χ3n) is 2.45. The van der Waals surface area contributed by atoms with Crippen LogP contribution in [-0.4, -0.2) is 47.6 Å². The van der Waals surface area contributed by atoms with E-state index in [-0.39, 0.29) is 6.04 Å². The topological polar surface area (TPSA) is 40.5 Å². The molecule has 0 aromatic rings. The molecule has 13 heavy (non-hydrogen) atoms. The van der Waals surface area contributed by atoms with Crippen molar-refractivity contribution in [3.05, 3.63) is 0 Å². The molecule has 2 atom stereocenters. The van der Waals surface area contributed by atoms with Crippen molar-refractivity contribution in [1.82, 2.24) is 4.90 Å². The van der Waals surface area contributed by atoms with Gasteiger partial charge in [-0.3, -0.25) is 9.69 Å². The van der Waals surface area contributed by atoms with Gasteiger partial charge in [-0.2, -0.15) is 11.8 Å². The van der Waals surface area contributed by atoms with E-state index in [0.717, 1.165) is 18.6 Å². The van der Waals surface area contributed by atoms with Gasteiger partial charge in [-0.25, -0.2) is 0 Å². The van der Waals surface area contributed by atoms with Crippen molar-refractivity contribution in [3.8, 4) is 0 Å². The van der Waals surface area contributed by atoms with Crippen LogP contribution in [0.3, 0.4) is 0 Å². The van der Waals surface area contributed by atoms with Crippen LogP contribution in [0.15, 0.2) is 0 Å². The number of hydrogen-bond donors (Lipinski definition) is 1. The normalized spacial score (nSPS) is 25.9. The minimum atomic E-state index is -0.683. The number of thioether (sulfide) groups is 1. The van der Waals surface area contributed by atoms with Gasteiger partial charge in [0.1, 0.15) is 6.04 Å². The average molecular weight is 203 g/mol. The number of rotatable bonds is 3. The van der Waals surface area contributed by atoms with Crippen molar-refractivity contribution >= 4 is 17.7 Å². The third-order valence-corrected chi connectivity index (χ3v) is 3.69. The van der Waals surface area contributed by atoms with Crippen LogP contribution in [-0.2, 0) is 4.79 Å². The smallest absolute Gasteiger partial charge is 0.321 e. The molecule has 0 amide bonds. The van der Waals surface area contributed by atoms with Gasteiger partial charge in [-0.15, -0.1) is 0 Å². The summed E-state index contributed by atoms with van der Waals surface area (Å²) >= 11 is 1.88. The highest BCUT2D eigenvalue weighted by molar-refractivity contribution is 7.99. The predicted octanol–water partition coefficient (Wildman–Crippen LogP) is 1.14. The van der Waals surface area contributed by atoms with Crippen LogP contribution in [0.25, 0.3) is 0 Å². The predicted molar refractivity (Wildman–Crippen MR) is 55.2 cm³/mol. The summed E-state index contributed by atoms with van der Waals surface area (Å²) in [6.45, 7) is 0. The van der Waals surface area contributed by atoms with Gasteiger partial charge < -0.3 is 5.11 Å². The lowest BCUT2D eigenvalue weighted by Crippen LogP contribution is -2.43. The van der Waals surface area contributed by atoms with Gasteiger partial charge in [0.25, 0.3) is 0 Å². The van der Waals surface area contributed by atoms with Crippen LogP contribution >= 0.6 is 11.8 Å². The lowest BCUT2D eigenvalue weighted by Gasteiger charge is -2.31. The highest BCUT2D eigenvalue weighted by Gasteiger charge is 2.30. The number of carboxylic acid groups (broad SMARTS) is 1. The van der Waals surface area contributed by atoms with Crippen LogP contribution in [0.2, 0.25) is 0 Å². The van der Waals surface area contributed by atoms with E-state index >= 15 is 0 Å². The molecule has 1 rings (SSSR count). The summed E-state index contributed by atoms with van der Waals surface area (Å²) in [6.07, 6.45) is 2.22. The van der Waals surface area contributed by atoms with E-state index in [1.807, 2.05) is 30.8 Å². The van der Waals surface area contributed by atoms with Crippen LogP contribution in [0, 0.1) is 5.92 Å². The lowest BCUT2D eigenvalue weighted by atomic mass is 9.95. The fourth-order valence-electron chi connectivity index (χ4n) is 1.86. The van der Waals surface area contributed by atoms with E-state index in [4.69, 9.17) is 5.11 Å². The molecule has 1 aliphatic rings. The van der Waals surface area contributed by atoms with Gasteiger partial charge in [-0.1, -0.05) is 0 Å². The summed E-state index contributed by atoms with van der Waals surface area (Å²) in [5, 5.41) is 9.04. The molecular weight excluding hydrogens is 186 g/mol. The van der Waals surface area contributed by atoms with Gasteiger partial charge in [-0.05, 0) is 44.4 Å². The SMILES string of the molecule is CN(C)C(C(=O)O)C1CCCSC1. The highest BCUT2D eigenvalue weighted by atomic mass is 32.2. The van der Waals surface area contributed by atoms with E-state index in [2.05, 4.69) is 0 Å². The van der Waals surface area contributed by atoms with Gasteiger partial charge in [0.15, 0.2) is 0 Å². The van der Waals surface area contributed by atoms with Crippen molar-refractivity contribution in [2.75, 3.05) is 25.6 Å². The van der Waals surface area contributed by atoms with E-state index < -0.39 is 5.97 Å². The first kappa shape index (κ1) is 10.9. The second kappa shape index (κ2) is 4.86. The van der Waals surface area contributed by atoms with Crippen molar-refractivity contribution in [2.24, 2.45) is 5.92 Å². The first-order chi connectivity index (χ1) is 6.13. The molecule has 0 spiro atoms. The highest BCUT2D eigenvalue weighted by Crippen LogP contribution is 2.27. The van der Waals surface area contributed by atoms with Gasteiger partial charge in [0.05, 0.1) is 0 Å². The molecule has 0 aromatic carbocycles. The van der Waals surface area contributed by atoms with Crippen molar-refractivity contribution in [1.29, 1.82) is 0 Å². The molecule has 1 fully saturated rings. The maximum absolute atomic E-state index is 11.0. The molecule has 2 unspecified atom stereocenters. The third kappa shape index (κ3) is 2.88. The second-order valence-electron chi connectivity index (χ2n) is 3.72. The molecule has 1 heterocycles. The summed E-state index contributed by atoms with van der Waals surface area (Å²) in [5.74, 6) is 1.83. The second-order valence-corrected chi connectivity index (χ2v) is 4.87. The van der Waals surface area contributed by atoms with Crippen LogP contribution < -0.4 is 0 Å². The fourth-order valence-corrected chi connectivity index (χ4v) is 3.05. The standard InChI is InChI=1S/C9H17NO2S/c1-10(2)8(9(11)12)7-4-3-5-13-6-7/h7-8H,3-6H2,1-2H3,(H,11,12). The minimum absolute atomic E-state index is 0.298. The molecule has 0 saturated carbocycles. The van der Waals surface area contributed by atoms with E-state index in [1.54, 1.807) is 0 Å². The molecule has 0 aromatic heterocycles. The quantitative estimate of drug-likeness (QED) is 0.747. The number of carboxylic acids is 1. The summed E-state index contributed by atoms with van der Waals surface area (Å²) < 4.78 is 0. The van der Waals surface area contributed by atoms with Crippen molar-refractivity contribution in [3.63, 3.8) is 0 Å². The summed E-state index contributed by atoms with van der Waals surface area (Å²) in [7, 11) is 3.69. The number of hydrogen-bond acceptors (Lipinski definition) is 3. The van der Waals surface area contributed by atoms with Crippen molar-refractivity contribution < 1.29 is 9.90 Å². The monoisotopic (exact) mass is 203 g/mol. The van der Waals surface area contributed by atoms with Gasteiger partial charge in [0, 0.05) is 0 Å². The molecule has 0 radical (unpaired) electrons. The molecule has 3 nitrogen and oxygen atoms in total. The van der Waals surface area contributed by atoms with Crippen LogP contribution in [0.4, 0.5) is 0 Å². The average Bonchev–Trinajstić information content (AvgIpc) is 2.04. The molecule has 1 saturated heterocycles. The molecule has 4 heteroatoms. The number of likely N-dealkylation sites (N-methyl/N-ethyl adjacent to an activating group) is 1. The first-order valence-corrected chi connectivity index (χ1v) is 5.75. The lowest BCUT2D eigenvalue weighted by molar-refractivity contribution is -0.144. The zero-order valence-corrected chi connectivity index (χ0v) is 9.01. The summed E-state index contributed by atoms with van der Waals surface area (Å²) in [6, 6.07) is -0.298. The first-order valence-electron chi connectivity index (χ1n) is 4.60. The largest absolute Gasteiger partial charge is 0.480 e. The van der Waals surface area contributed by atoms with Crippen LogP contribution in [0.5, 0.6) is 0 Å². The Balaban J connectivity index is 2.57. The maximum Gasteiger partial charge on any atom is 0.321 e. The minimum Gasteiger partial charge on any atom is -0.480 e. The zero-order valence-electron chi connectivity index (χ0n) is 8.19. The molecule has 0 aliphatic carbocycles. The van der Waals surface area contributed by atoms with Gasteiger partial charge in [0.2, 0.25) is 0 Å². The fraction of sp³-hybridized carbons (Fsp3) is 0.889. The maximum atomic E-state index is 11.0. The Hall–Kier alpha value is -0.220. The Kier molecular flexibility index (Phi) is 4.06. The molecule has 76 valence electrons. The molecular formula is C9H17NO2S. The Morgan fingerprint density at radius 1 is 1.62 bits per heavy atom. The van der Waals surface area contributed by atoms with Gasteiger partial charge >= 0.3 is 5.97 Å². The zero-order chi connectivity index (χ0) is 9.84. The summed E-state index contributed by atoms with van der Waals surface area (Å²) in [4.78, 5) is 12.8. The van der Waals surface area contributed by atoms with Crippen molar-refractivity contribution in [2.45, 2.75) is 18.9 Å².